The van der Waals surface area contributed by atoms with Crippen LogP contribution in [-0.2, 0) is 0 Å². The lowest BCUT2D eigenvalue weighted by atomic mass is 10.00. The van der Waals surface area contributed by atoms with Crippen LogP contribution in [0.3, 0.4) is 0 Å². The average Bonchev–Trinajstić information content (AvgIpc) is 3.61. The van der Waals surface area contributed by atoms with Crippen molar-refractivity contribution in [1.29, 1.82) is 0 Å². The Morgan fingerprint density at radius 1 is 0.320 bits per heavy atom. The van der Waals surface area contributed by atoms with Crippen LogP contribution in [0.1, 0.15) is 5.48 Å². The van der Waals surface area contributed by atoms with Crippen LogP contribution >= 0.6 is 0 Å². The van der Waals surface area contributed by atoms with Gasteiger partial charge in [0.05, 0.1) is 5.48 Å². The lowest BCUT2D eigenvalue weighted by molar-refractivity contribution is 0.669. The van der Waals surface area contributed by atoms with Gasteiger partial charge in [0.15, 0.2) is 0 Å². The van der Waals surface area contributed by atoms with Crippen molar-refractivity contribution in [3.8, 4) is 44.5 Å². The first-order chi connectivity index (χ1) is 26.4. The zero-order valence-corrected chi connectivity index (χ0v) is 27.1. The molecule has 0 unspecified atom stereocenters. The van der Waals surface area contributed by atoms with E-state index in [0.717, 1.165) is 55.3 Å². The van der Waals surface area contributed by atoms with Gasteiger partial charge < -0.3 is 9.32 Å². The molecule has 0 N–H and O–H groups in total. The van der Waals surface area contributed by atoms with Gasteiger partial charge in [0.1, 0.15) is 11.2 Å². The number of anilines is 3. The SMILES string of the molecule is [2H]c1c([2H])c(N(c2ccc(-c3ccc(-c4ccccc4)cc3)cc2)c2ccc(-c3ccc4c(c3)oc3ccccc34)cc2)c([2H])c([2H])c1-c1ccccc1. The Labute approximate surface area is 297 Å². The largest absolute Gasteiger partial charge is 0.456 e. The third kappa shape index (κ3) is 5.63. The van der Waals surface area contributed by atoms with E-state index in [-0.39, 0.29) is 35.4 Å². The van der Waals surface area contributed by atoms with E-state index in [1.54, 1.807) is 0 Å². The fraction of sp³-hybridized carbons (Fsp3) is 0. The Kier molecular flexibility index (Phi) is 6.48. The van der Waals surface area contributed by atoms with Gasteiger partial charge in [-0.2, -0.15) is 0 Å². The highest BCUT2D eigenvalue weighted by Crippen LogP contribution is 2.39. The molecule has 50 heavy (non-hydrogen) atoms. The second-order valence-corrected chi connectivity index (χ2v) is 12.3. The fourth-order valence-electron chi connectivity index (χ4n) is 6.57. The van der Waals surface area contributed by atoms with Crippen LogP contribution in [0.5, 0.6) is 0 Å². The van der Waals surface area contributed by atoms with Gasteiger partial charge in [-0.05, 0) is 99.1 Å². The molecule has 0 bridgehead atoms. The number of hydrogen-bond donors (Lipinski definition) is 0. The van der Waals surface area contributed by atoms with E-state index in [9.17, 15) is 2.74 Å². The fourth-order valence-corrected chi connectivity index (χ4v) is 6.57. The van der Waals surface area contributed by atoms with E-state index in [2.05, 4.69) is 60.7 Å². The summed E-state index contributed by atoms with van der Waals surface area (Å²) in [5.74, 6) is 0. The molecule has 1 aromatic heterocycles. The standard InChI is InChI=1S/C48H33NO/c1-3-9-34(10-4-1)36-15-17-37(18-16-36)39-21-28-43(29-22-39)49(42-26-19-38(20-27-42)35-11-5-2-6-12-35)44-30-23-40(24-31-44)41-25-32-46-45-13-7-8-14-47(45)50-48(46)33-41/h1-33H/i19D,20D,26D,27D. The van der Waals surface area contributed by atoms with Gasteiger partial charge in [-0.25, -0.2) is 0 Å². The van der Waals surface area contributed by atoms with Crippen LogP contribution in [0, 0.1) is 0 Å². The molecule has 1 heterocycles. The Bertz CT molecular complexity index is 2750. The number of rotatable bonds is 7. The zero-order valence-electron chi connectivity index (χ0n) is 31.1. The van der Waals surface area contributed by atoms with Crippen molar-refractivity contribution >= 4 is 39.0 Å². The van der Waals surface area contributed by atoms with Crippen LogP contribution in [0.15, 0.2) is 205 Å². The molecule has 9 rings (SSSR count). The molecule has 0 spiro atoms. The number of hydrogen-bond acceptors (Lipinski definition) is 2. The molecule has 0 aliphatic rings. The van der Waals surface area contributed by atoms with Crippen LogP contribution in [0.25, 0.3) is 66.4 Å². The second kappa shape index (κ2) is 12.8. The smallest absolute Gasteiger partial charge is 0.136 e. The van der Waals surface area contributed by atoms with Crippen molar-refractivity contribution < 1.29 is 9.90 Å². The first-order valence-electron chi connectivity index (χ1n) is 18.7. The van der Waals surface area contributed by atoms with Gasteiger partial charge in [0.2, 0.25) is 0 Å². The Morgan fingerprint density at radius 3 is 1.32 bits per heavy atom. The summed E-state index contributed by atoms with van der Waals surface area (Å²) in [7, 11) is 0. The van der Waals surface area contributed by atoms with Gasteiger partial charge in [-0.1, -0.05) is 146 Å². The molecule has 0 fully saturated rings. The maximum Gasteiger partial charge on any atom is 0.136 e. The Morgan fingerprint density at radius 2 is 0.740 bits per heavy atom. The van der Waals surface area contributed by atoms with Gasteiger partial charge in [-0.15, -0.1) is 0 Å². The number of benzene rings is 8. The van der Waals surface area contributed by atoms with E-state index in [1.807, 2.05) is 120 Å². The summed E-state index contributed by atoms with van der Waals surface area (Å²) in [5.41, 5.74) is 10.6. The van der Waals surface area contributed by atoms with Crippen molar-refractivity contribution in [2.24, 2.45) is 0 Å². The van der Waals surface area contributed by atoms with Crippen molar-refractivity contribution in [2.75, 3.05) is 4.90 Å². The van der Waals surface area contributed by atoms with Gasteiger partial charge in [-0.3, -0.25) is 0 Å². The molecule has 0 amide bonds. The third-order valence-electron chi connectivity index (χ3n) is 9.19. The van der Waals surface area contributed by atoms with Gasteiger partial charge in [0.25, 0.3) is 0 Å². The minimum absolute atomic E-state index is 0.0897. The van der Waals surface area contributed by atoms with E-state index < -0.39 is 0 Å². The van der Waals surface area contributed by atoms with Crippen LogP contribution in [0.2, 0.25) is 0 Å². The minimum atomic E-state index is -0.116. The predicted molar refractivity (Wildman–Crippen MR) is 210 cm³/mol. The minimum Gasteiger partial charge on any atom is -0.456 e. The summed E-state index contributed by atoms with van der Waals surface area (Å²) in [6.45, 7) is 0. The topological polar surface area (TPSA) is 16.4 Å². The Hall–Kier alpha value is -6.64. The average molecular weight is 644 g/mol. The maximum atomic E-state index is 9.28. The van der Waals surface area contributed by atoms with Gasteiger partial charge >= 0.3 is 0 Å². The molecule has 2 heteroatoms. The van der Waals surface area contributed by atoms with Crippen molar-refractivity contribution in [2.45, 2.75) is 0 Å². The number of fused-ring (bicyclic) bond motifs is 3. The lowest BCUT2D eigenvalue weighted by Crippen LogP contribution is -2.09. The highest BCUT2D eigenvalue weighted by Gasteiger charge is 2.15. The molecule has 0 aliphatic heterocycles. The highest BCUT2D eigenvalue weighted by atomic mass is 16.3. The number of furan rings is 1. The molecule has 0 radical (unpaired) electrons. The summed E-state index contributed by atoms with van der Waals surface area (Å²) >= 11 is 0. The highest BCUT2D eigenvalue weighted by molar-refractivity contribution is 6.05. The summed E-state index contributed by atoms with van der Waals surface area (Å²) in [5, 5.41) is 2.15. The second-order valence-electron chi connectivity index (χ2n) is 12.3. The van der Waals surface area contributed by atoms with Gasteiger partial charge in [0, 0.05) is 27.8 Å². The molecule has 0 saturated heterocycles. The summed E-state index contributed by atoms with van der Waals surface area (Å²) < 4.78 is 42.9. The molecule has 9 aromatic rings. The molecule has 0 saturated carbocycles. The van der Waals surface area contributed by atoms with Crippen LogP contribution < -0.4 is 4.90 Å². The lowest BCUT2D eigenvalue weighted by Gasteiger charge is -2.26. The first kappa shape index (κ1) is 25.4. The van der Waals surface area contributed by atoms with Crippen LogP contribution in [-0.4, -0.2) is 0 Å². The molecular weight excluding hydrogens is 607 g/mol. The van der Waals surface area contributed by atoms with E-state index in [1.165, 1.54) is 0 Å². The summed E-state index contributed by atoms with van der Waals surface area (Å²) in [6.07, 6.45) is 0. The maximum absolute atomic E-state index is 9.28. The van der Waals surface area contributed by atoms with E-state index in [0.29, 0.717) is 16.9 Å². The molecule has 0 atom stereocenters. The summed E-state index contributed by atoms with van der Waals surface area (Å²) in [6, 6.07) is 57.8. The summed E-state index contributed by atoms with van der Waals surface area (Å²) in [4.78, 5) is 1.82. The van der Waals surface area contributed by atoms with Crippen LogP contribution in [0.4, 0.5) is 17.1 Å². The molecule has 2 nitrogen and oxygen atoms in total. The Balaban J connectivity index is 1.13. The molecular formula is C48H33NO. The van der Waals surface area contributed by atoms with E-state index in [4.69, 9.17) is 7.16 Å². The third-order valence-corrected chi connectivity index (χ3v) is 9.19. The van der Waals surface area contributed by atoms with Crippen molar-refractivity contribution in [3.05, 3.63) is 200 Å². The zero-order chi connectivity index (χ0) is 36.8. The van der Waals surface area contributed by atoms with Crippen molar-refractivity contribution in [1.82, 2.24) is 0 Å². The molecule has 236 valence electrons. The number of nitrogens with zero attached hydrogens (tertiary/aromatic N) is 1. The normalized spacial score (nSPS) is 12.3. The number of para-hydroxylation sites is 1. The monoisotopic (exact) mass is 643 g/mol. The molecule has 0 aliphatic carbocycles. The van der Waals surface area contributed by atoms with E-state index >= 15 is 0 Å². The quantitative estimate of drug-likeness (QED) is 0.172. The first-order valence-corrected chi connectivity index (χ1v) is 16.7. The molecule has 8 aromatic carbocycles. The van der Waals surface area contributed by atoms with Crippen molar-refractivity contribution in [3.63, 3.8) is 0 Å². The predicted octanol–water partition coefficient (Wildman–Crippen LogP) is 13.7.